The first-order valence-corrected chi connectivity index (χ1v) is 5.82. The number of carboxylic acids is 1. The van der Waals surface area contributed by atoms with E-state index < -0.39 is 12.6 Å². The number of carboxylic acid groups (broad SMARTS) is 1. The molecular weight excluding hydrogens is 247 g/mol. The Morgan fingerprint density at radius 2 is 1.53 bits per heavy atom. The van der Waals surface area contributed by atoms with Crippen molar-refractivity contribution in [3.63, 3.8) is 0 Å². The molecule has 3 nitrogen and oxygen atoms in total. The highest BCUT2D eigenvalue weighted by Crippen LogP contribution is 2.28. The van der Waals surface area contributed by atoms with Gasteiger partial charge >= 0.3 is 5.97 Å². The van der Waals surface area contributed by atoms with E-state index in [4.69, 9.17) is 9.84 Å². The molecule has 0 atom stereocenters. The molecule has 0 heterocycles. The molecule has 0 aliphatic rings. The molecule has 0 amide bonds. The molecule has 0 saturated heterocycles. The Morgan fingerprint density at radius 3 is 2.11 bits per heavy atom. The molecule has 98 valence electrons. The second-order valence-electron chi connectivity index (χ2n) is 4.02. The van der Waals surface area contributed by atoms with E-state index >= 15 is 0 Å². The number of carbonyl (C=O) groups is 1. The van der Waals surface area contributed by atoms with E-state index in [0.717, 1.165) is 0 Å². The van der Waals surface area contributed by atoms with E-state index in [1.54, 1.807) is 48.5 Å². The maximum atomic E-state index is 12.8. The van der Waals surface area contributed by atoms with Gasteiger partial charge in [0.05, 0.1) is 6.42 Å². The van der Waals surface area contributed by atoms with Gasteiger partial charge in [-0.05, 0) is 12.1 Å². The summed E-state index contributed by atoms with van der Waals surface area (Å²) in [5.74, 6) is -0.0940. The summed E-state index contributed by atoms with van der Waals surface area (Å²) >= 11 is 0. The lowest BCUT2D eigenvalue weighted by Gasteiger charge is -2.12. The fraction of sp³-hybridized carbons (Fsp3) is 0.133. The van der Waals surface area contributed by atoms with E-state index in [-0.39, 0.29) is 6.42 Å². The predicted molar refractivity (Wildman–Crippen MR) is 69.1 cm³/mol. The summed E-state index contributed by atoms with van der Waals surface area (Å²) in [4.78, 5) is 10.8. The van der Waals surface area contributed by atoms with Crippen molar-refractivity contribution < 1.29 is 19.0 Å². The van der Waals surface area contributed by atoms with Gasteiger partial charge in [-0.3, -0.25) is 4.79 Å². The van der Waals surface area contributed by atoms with Crippen LogP contribution in [0.5, 0.6) is 11.5 Å². The van der Waals surface area contributed by atoms with Gasteiger partial charge in [0, 0.05) is 11.1 Å². The number of para-hydroxylation sites is 2. The second-order valence-corrected chi connectivity index (χ2v) is 4.02. The van der Waals surface area contributed by atoms with Gasteiger partial charge in [-0.2, -0.15) is 0 Å². The van der Waals surface area contributed by atoms with Gasteiger partial charge in [0.1, 0.15) is 18.2 Å². The van der Waals surface area contributed by atoms with Gasteiger partial charge in [0.25, 0.3) is 0 Å². The molecule has 0 unspecified atom stereocenters. The van der Waals surface area contributed by atoms with Crippen LogP contribution in [0.1, 0.15) is 11.1 Å². The monoisotopic (exact) mass is 260 g/mol. The molecule has 0 fully saturated rings. The van der Waals surface area contributed by atoms with Crippen LogP contribution >= 0.6 is 0 Å². The maximum Gasteiger partial charge on any atom is 0.307 e. The summed E-state index contributed by atoms with van der Waals surface area (Å²) in [6.07, 6.45) is -0.131. The Hall–Kier alpha value is -2.36. The summed E-state index contributed by atoms with van der Waals surface area (Å²) < 4.78 is 18.5. The first-order valence-electron chi connectivity index (χ1n) is 5.82. The van der Waals surface area contributed by atoms with Crippen molar-refractivity contribution in [3.8, 4) is 11.5 Å². The molecule has 2 rings (SSSR count). The Morgan fingerprint density at radius 1 is 1.00 bits per heavy atom. The summed E-state index contributed by atoms with van der Waals surface area (Å²) in [6.45, 7) is -0.628. The van der Waals surface area contributed by atoms with Crippen LogP contribution in [0.15, 0.2) is 48.5 Å². The maximum absolute atomic E-state index is 12.8. The minimum absolute atomic E-state index is 0.131. The van der Waals surface area contributed by atoms with Gasteiger partial charge in [-0.15, -0.1) is 0 Å². The number of rotatable bonds is 5. The van der Waals surface area contributed by atoms with Crippen LogP contribution in [0.4, 0.5) is 4.39 Å². The molecule has 0 bridgehead atoms. The number of halogens is 1. The fourth-order valence-corrected chi connectivity index (χ4v) is 1.74. The second kappa shape index (κ2) is 6.00. The van der Waals surface area contributed by atoms with E-state index in [1.165, 1.54) is 0 Å². The topological polar surface area (TPSA) is 46.5 Å². The SMILES string of the molecule is O=C(O)Cc1ccccc1Oc1ccccc1CF. The van der Waals surface area contributed by atoms with Gasteiger partial charge in [-0.1, -0.05) is 36.4 Å². The molecule has 0 spiro atoms. The molecule has 2 aromatic rings. The third-order valence-electron chi connectivity index (χ3n) is 2.65. The third-order valence-corrected chi connectivity index (χ3v) is 2.65. The highest BCUT2D eigenvalue weighted by atomic mass is 19.1. The highest BCUT2D eigenvalue weighted by Gasteiger charge is 2.10. The molecule has 1 N–H and O–H groups in total. The number of alkyl halides is 1. The number of ether oxygens (including phenoxy) is 1. The number of aliphatic carboxylic acids is 1. The van der Waals surface area contributed by atoms with Crippen molar-refractivity contribution in [2.75, 3.05) is 0 Å². The van der Waals surface area contributed by atoms with Crippen LogP contribution in [0.25, 0.3) is 0 Å². The van der Waals surface area contributed by atoms with Crippen molar-refractivity contribution in [2.24, 2.45) is 0 Å². The van der Waals surface area contributed by atoms with Gasteiger partial charge < -0.3 is 9.84 Å². The minimum atomic E-state index is -0.935. The third kappa shape index (κ3) is 3.31. The molecule has 19 heavy (non-hydrogen) atoms. The van der Waals surface area contributed by atoms with Crippen LogP contribution in [0, 0.1) is 0 Å². The van der Waals surface area contributed by atoms with Crippen LogP contribution in [0.2, 0.25) is 0 Å². The predicted octanol–water partition coefficient (Wildman–Crippen LogP) is 3.58. The first kappa shape index (κ1) is 13.1. The zero-order chi connectivity index (χ0) is 13.7. The van der Waals surface area contributed by atoms with Crippen molar-refractivity contribution in [2.45, 2.75) is 13.1 Å². The molecule has 0 radical (unpaired) electrons. The van der Waals surface area contributed by atoms with E-state index in [1.807, 2.05) is 0 Å². The van der Waals surface area contributed by atoms with E-state index in [9.17, 15) is 9.18 Å². The minimum Gasteiger partial charge on any atom is -0.481 e. The zero-order valence-corrected chi connectivity index (χ0v) is 10.2. The smallest absolute Gasteiger partial charge is 0.307 e. The first-order chi connectivity index (χ1) is 9.20. The largest absolute Gasteiger partial charge is 0.481 e. The Balaban J connectivity index is 2.30. The molecule has 0 saturated carbocycles. The number of benzene rings is 2. The van der Waals surface area contributed by atoms with Gasteiger partial charge in [0.2, 0.25) is 0 Å². The Bertz CT molecular complexity index is 581. The molecule has 0 aromatic heterocycles. The quantitative estimate of drug-likeness (QED) is 0.893. The van der Waals surface area contributed by atoms with Crippen LogP contribution in [-0.2, 0) is 17.9 Å². The zero-order valence-electron chi connectivity index (χ0n) is 10.2. The summed E-state index contributed by atoms with van der Waals surface area (Å²) in [6, 6.07) is 13.6. The number of hydrogen-bond donors (Lipinski definition) is 1. The lowest BCUT2D eigenvalue weighted by molar-refractivity contribution is -0.136. The van der Waals surface area contributed by atoms with Crippen molar-refractivity contribution >= 4 is 5.97 Å². The Labute approximate surface area is 110 Å². The van der Waals surface area contributed by atoms with Crippen LogP contribution in [0.3, 0.4) is 0 Å². The Kier molecular flexibility index (Phi) is 4.13. The van der Waals surface area contributed by atoms with E-state index in [2.05, 4.69) is 0 Å². The summed E-state index contributed by atoms with van der Waals surface area (Å²) in [5.41, 5.74) is 0.997. The lowest BCUT2D eigenvalue weighted by Crippen LogP contribution is -2.02. The fourth-order valence-electron chi connectivity index (χ4n) is 1.74. The van der Waals surface area contributed by atoms with Crippen LogP contribution in [-0.4, -0.2) is 11.1 Å². The van der Waals surface area contributed by atoms with Crippen molar-refractivity contribution in [1.82, 2.24) is 0 Å². The average molecular weight is 260 g/mol. The standard InChI is InChI=1S/C15H13FO3/c16-10-12-6-2-4-8-14(12)19-13-7-3-1-5-11(13)9-15(17)18/h1-8H,9-10H2,(H,17,18). The van der Waals surface area contributed by atoms with Crippen molar-refractivity contribution in [3.05, 3.63) is 59.7 Å². The highest BCUT2D eigenvalue weighted by molar-refractivity contribution is 5.71. The van der Waals surface area contributed by atoms with Crippen LogP contribution < -0.4 is 4.74 Å². The molecule has 0 aliphatic heterocycles. The van der Waals surface area contributed by atoms with Gasteiger partial charge in [-0.25, -0.2) is 4.39 Å². The molecular formula is C15H13FO3. The normalized spacial score (nSPS) is 10.2. The molecule has 2 aromatic carbocycles. The summed E-state index contributed by atoms with van der Waals surface area (Å²) in [7, 11) is 0. The lowest BCUT2D eigenvalue weighted by atomic mass is 10.1. The van der Waals surface area contributed by atoms with Crippen molar-refractivity contribution in [1.29, 1.82) is 0 Å². The average Bonchev–Trinajstić information content (AvgIpc) is 2.41. The van der Waals surface area contributed by atoms with Gasteiger partial charge in [0.15, 0.2) is 0 Å². The molecule has 4 heteroatoms. The summed E-state index contributed by atoms with van der Waals surface area (Å²) in [5, 5.41) is 8.84. The molecule has 0 aliphatic carbocycles. The number of hydrogen-bond acceptors (Lipinski definition) is 2. The van der Waals surface area contributed by atoms with E-state index in [0.29, 0.717) is 22.6 Å².